The second-order valence-electron chi connectivity index (χ2n) is 13.0. The van der Waals surface area contributed by atoms with E-state index in [-0.39, 0.29) is 12.0 Å². The van der Waals surface area contributed by atoms with Crippen LogP contribution in [-0.4, -0.2) is 67.8 Å². The first-order chi connectivity index (χ1) is 17.2. The normalized spacial score (nSPS) is 19.1. The highest BCUT2D eigenvalue weighted by Crippen LogP contribution is 2.38. The lowest BCUT2D eigenvalue weighted by atomic mass is 9.76. The van der Waals surface area contributed by atoms with E-state index in [9.17, 15) is 9.59 Å². The Kier molecular flexibility index (Phi) is 5.92. The highest BCUT2D eigenvalue weighted by atomic mass is 16.6. The SMILES string of the molecule is CC1(C)CCc2c(-c3cc4ccc(C(=O)N5CCN(C(=O)OC(C)(C)C)CC5(C)C)cc4[nH]3)n[nH]c2C1. The predicted molar refractivity (Wildman–Crippen MR) is 145 cm³/mol. The van der Waals surface area contributed by atoms with Crippen LogP contribution in [0.1, 0.15) is 76.5 Å². The number of hydrogen-bond acceptors (Lipinski definition) is 4. The molecule has 1 aliphatic carbocycles. The van der Waals surface area contributed by atoms with E-state index in [2.05, 4.69) is 35.1 Å². The molecule has 2 aliphatic rings. The average Bonchev–Trinajstić information content (AvgIpc) is 3.38. The Labute approximate surface area is 218 Å². The third-order valence-corrected chi connectivity index (χ3v) is 7.58. The van der Waals surface area contributed by atoms with Crippen molar-refractivity contribution in [3.8, 4) is 11.4 Å². The number of aromatic nitrogens is 3. The van der Waals surface area contributed by atoms with Gasteiger partial charge in [-0.25, -0.2) is 4.79 Å². The lowest BCUT2D eigenvalue weighted by Gasteiger charge is -2.47. The van der Waals surface area contributed by atoms with Gasteiger partial charge in [-0.05, 0) is 77.5 Å². The van der Waals surface area contributed by atoms with Crippen LogP contribution in [-0.2, 0) is 17.6 Å². The lowest BCUT2D eigenvalue weighted by Crippen LogP contribution is -2.62. The molecule has 2 aromatic heterocycles. The fourth-order valence-corrected chi connectivity index (χ4v) is 5.63. The predicted octanol–water partition coefficient (Wildman–Crippen LogP) is 5.54. The van der Waals surface area contributed by atoms with Crippen LogP contribution >= 0.6 is 0 Å². The minimum Gasteiger partial charge on any atom is -0.444 e. The van der Waals surface area contributed by atoms with E-state index in [0.717, 1.165) is 41.6 Å². The Hall–Kier alpha value is -3.29. The van der Waals surface area contributed by atoms with Crippen molar-refractivity contribution in [2.75, 3.05) is 19.6 Å². The first-order valence-corrected chi connectivity index (χ1v) is 13.2. The van der Waals surface area contributed by atoms with Crippen molar-refractivity contribution in [2.24, 2.45) is 5.41 Å². The van der Waals surface area contributed by atoms with Gasteiger partial charge in [-0.2, -0.15) is 5.10 Å². The molecule has 0 radical (unpaired) electrons. The van der Waals surface area contributed by atoms with Gasteiger partial charge in [0.25, 0.3) is 5.91 Å². The van der Waals surface area contributed by atoms with Gasteiger partial charge >= 0.3 is 6.09 Å². The number of aromatic amines is 2. The molecule has 2 N–H and O–H groups in total. The number of carbonyl (C=O) groups is 2. The second-order valence-corrected chi connectivity index (χ2v) is 13.0. The van der Waals surface area contributed by atoms with Crippen LogP contribution in [0.5, 0.6) is 0 Å². The van der Waals surface area contributed by atoms with Crippen molar-refractivity contribution in [1.82, 2.24) is 25.0 Å². The molecule has 2 amide bonds. The third kappa shape index (κ3) is 4.98. The number of nitrogens with zero attached hydrogens (tertiary/aromatic N) is 3. The summed E-state index contributed by atoms with van der Waals surface area (Å²) < 4.78 is 5.55. The highest BCUT2D eigenvalue weighted by Gasteiger charge is 2.40. The standard InChI is InChI=1S/C29H39N5O3/c1-27(2,3)37-26(36)33-12-13-34(29(6,7)17-33)25(35)19-9-8-18-14-22(30-21(18)15-19)24-20-10-11-28(4,5)16-23(20)31-32-24/h8-9,14-15,30H,10-13,16-17H2,1-7H3,(H,31,32). The summed E-state index contributed by atoms with van der Waals surface area (Å²) in [6, 6.07) is 7.93. The van der Waals surface area contributed by atoms with E-state index in [0.29, 0.717) is 30.6 Å². The molecule has 0 atom stereocenters. The number of fused-ring (bicyclic) bond motifs is 2. The summed E-state index contributed by atoms with van der Waals surface area (Å²) in [4.78, 5) is 33.3. The van der Waals surface area contributed by atoms with E-state index in [1.54, 1.807) is 4.90 Å². The van der Waals surface area contributed by atoms with E-state index in [1.807, 2.05) is 57.7 Å². The Bertz CT molecular complexity index is 1360. The third-order valence-electron chi connectivity index (χ3n) is 7.58. The molecule has 0 saturated carbocycles. The van der Waals surface area contributed by atoms with Crippen LogP contribution in [0.25, 0.3) is 22.3 Å². The fourth-order valence-electron chi connectivity index (χ4n) is 5.63. The molecule has 0 spiro atoms. The summed E-state index contributed by atoms with van der Waals surface area (Å²) in [5.74, 6) is -0.0359. The zero-order valence-electron chi connectivity index (χ0n) is 23.1. The number of ether oxygens (including phenoxy) is 1. The summed E-state index contributed by atoms with van der Waals surface area (Å²) in [5.41, 5.74) is 5.24. The summed E-state index contributed by atoms with van der Waals surface area (Å²) in [5, 5.41) is 8.96. The van der Waals surface area contributed by atoms with Crippen molar-refractivity contribution in [3.63, 3.8) is 0 Å². The first kappa shape index (κ1) is 25.4. The van der Waals surface area contributed by atoms with E-state index < -0.39 is 11.1 Å². The molecule has 0 unspecified atom stereocenters. The lowest BCUT2D eigenvalue weighted by molar-refractivity contribution is -0.0108. The molecule has 8 nitrogen and oxygen atoms in total. The number of piperazine rings is 1. The Morgan fingerprint density at radius 1 is 1.08 bits per heavy atom. The molecule has 3 heterocycles. The zero-order valence-corrected chi connectivity index (χ0v) is 23.1. The zero-order chi connectivity index (χ0) is 26.8. The maximum Gasteiger partial charge on any atom is 0.410 e. The van der Waals surface area contributed by atoms with Crippen molar-refractivity contribution < 1.29 is 14.3 Å². The number of amides is 2. The number of rotatable bonds is 2. The molecule has 8 heteroatoms. The quantitative estimate of drug-likeness (QED) is 0.478. The highest BCUT2D eigenvalue weighted by molar-refractivity contribution is 5.99. The van der Waals surface area contributed by atoms with Gasteiger partial charge in [0.2, 0.25) is 0 Å². The van der Waals surface area contributed by atoms with Crippen molar-refractivity contribution in [2.45, 2.75) is 78.9 Å². The Balaban J connectivity index is 1.35. The first-order valence-electron chi connectivity index (χ1n) is 13.2. The van der Waals surface area contributed by atoms with E-state index in [1.165, 1.54) is 11.3 Å². The molecule has 198 valence electrons. The minimum atomic E-state index is -0.551. The van der Waals surface area contributed by atoms with Crippen LogP contribution in [0.15, 0.2) is 24.3 Å². The molecule has 1 aromatic carbocycles. The van der Waals surface area contributed by atoms with E-state index >= 15 is 0 Å². The maximum absolute atomic E-state index is 13.6. The van der Waals surface area contributed by atoms with Crippen LogP contribution in [0.4, 0.5) is 4.79 Å². The Morgan fingerprint density at radius 3 is 2.54 bits per heavy atom. The molecular formula is C29H39N5O3. The molecular weight excluding hydrogens is 466 g/mol. The van der Waals surface area contributed by atoms with Crippen LogP contribution < -0.4 is 0 Å². The van der Waals surface area contributed by atoms with Crippen LogP contribution in [0.3, 0.4) is 0 Å². The number of hydrogen-bond donors (Lipinski definition) is 2. The summed E-state index contributed by atoms with van der Waals surface area (Å²) in [6.07, 6.45) is 2.82. The van der Waals surface area contributed by atoms with Crippen LogP contribution in [0, 0.1) is 5.41 Å². The largest absolute Gasteiger partial charge is 0.444 e. The van der Waals surface area contributed by atoms with Gasteiger partial charge in [0.15, 0.2) is 0 Å². The van der Waals surface area contributed by atoms with Crippen molar-refractivity contribution in [1.29, 1.82) is 0 Å². The van der Waals surface area contributed by atoms with Gasteiger partial charge in [0, 0.05) is 47.4 Å². The monoisotopic (exact) mass is 505 g/mol. The van der Waals surface area contributed by atoms with Gasteiger partial charge < -0.3 is 19.5 Å². The van der Waals surface area contributed by atoms with Crippen molar-refractivity contribution in [3.05, 3.63) is 41.1 Å². The Morgan fingerprint density at radius 2 is 1.84 bits per heavy atom. The minimum absolute atomic E-state index is 0.0359. The number of carbonyl (C=O) groups excluding carboxylic acids is 2. The average molecular weight is 506 g/mol. The van der Waals surface area contributed by atoms with Gasteiger partial charge in [-0.3, -0.25) is 9.89 Å². The van der Waals surface area contributed by atoms with Gasteiger partial charge in [0.05, 0.1) is 11.2 Å². The number of H-pyrrole nitrogens is 2. The molecule has 3 aromatic rings. The molecule has 1 aliphatic heterocycles. The van der Waals surface area contributed by atoms with E-state index in [4.69, 9.17) is 4.74 Å². The fraction of sp³-hybridized carbons (Fsp3) is 0.552. The number of nitrogens with one attached hydrogen (secondary N) is 2. The summed E-state index contributed by atoms with van der Waals surface area (Å²) in [6.45, 7) is 15.5. The van der Waals surface area contributed by atoms with Gasteiger partial charge in [-0.1, -0.05) is 19.9 Å². The maximum atomic E-state index is 13.6. The van der Waals surface area contributed by atoms with Crippen LogP contribution in [0.2, 0.25) is 0 Å². The van der Waals surface area contributed by atoms with Gasteiger partial charge in [0.1, 0.15) is 11.3 Å². The smallest absolute Gasteiger partial charge is 0.410 e. The van der Waals surface area contributed by atoms with Gasteiger partial charge in [-0.15, -0.1) is 0 Å². The number of benzene rings is 1. The summed E-state index contributed by atoms with van der Waals surface area (Å²) >= 11 is 0. The topological polar surface area (TPSA) is 94.3 Å². The van der Waals surface area contributed by atoms with Crippen molar-refractivity contribution >= 4 is 22.9 Å². The summed E-state index contributed by atoms with van der Waals surface area (Å²) in [7, 11) is 0. The second kappa shape index (κ2) is 8.64. The molecule has 0 bridgehead atoms. The molecule has 37 heavy (non-hydrogen) atoms. The molecule has 1 fully saturated rings. The molecule has 5 rings (SSSR count). The molecule has 1 saturated heterocycles.